The number of anilines is 1. The van der Waals surface area contributed by atoms with Gasteiger partial charge in [0, 0.05) is 11.4 Å². The SMILES string of the molecule is CCCOc1ccc(NC(=O)c2ccc(-c3cccc(C)c3)[nH]c2=O)c(C)c1. The van der Waals surface area contributed by atoms with E-state index in [4.69, 9.17) is 4.74 Å². The number of rotatable bonds is 6. The van der Waals surface area contributed by atoms with Crippen molar-refractivity contribution in [3.05, 3.63) is 81.6 Å². The molecule has 0 aliphatic heterocycles. The Kier molecular flexibility index (Phi) is 5.94. The van der Waals surface area contributed by atoms with Crippen LogP contribution < -0.4 is 15.6 Å². The molecule has 28 heavy (non-hydrogen) atoms. The second-order valence-corrected chi connectivity index (χ2v) is 6.76. The Morgan fingerprint density at radius 1 is 1.07 bits per heavy atom. The van der Waals surface area contributed by atoms with Crippen LogP contribution in [0.1, 0.15) is 34.8 Å². The van der Waals surface area contributed by atoms with Crippen LogP contribution in [0.25, 0.3) is 11.3 Å². The predicted molar refractivity (Wildman–Crippen MR) is 112 cm³/mol. The quantitative estimate of drug-likeness (QED) is 0.655. The Labute approximate surface area is 164 Å². The molecule has 1 aromatic heterocycles. The first-order chi connectivity index (χ1) is 13.5. The molecular weight excluding hydrogens is 352 g/mol. The highest BCUT2D eigenvalue weighted by atomic mass is 16.5. The summed E-state index contributed by atoms with van der Waals surface area (Å²) in [6, 6.07) is 16.6. The number of aromatic amines is 1. The molecule has 0 radical (unpaired) electrons. The van der Waals surface area contributed by atoms with E-state index >= 15 is 0 Å². The van der Waals surface area contributed by atoms with Crippen molar-refractivity contribution in [3.8, 4) is 17.0 Å². The average Bonchev–Trinajstić information content (AvgIpc) is 2.68. The van der Waals surface area contributed by atoms with Crippen molar-refractivity contribution in [2.75, 3.05) is 11.9 Å². The third-order valence-corrected chi connectivity index (χ3v) is 4.40. The van der Waals surface area contributed by atoms with Crippen LogP contribution in [-0.2, 0) is 0 Å². The lowest BCUT2D eigenvalue weighted by Crippen LogP contribution is -2.23. The fraction of sp³-hybridized carbons (Fsp3) is 0.217. The smallest absolute Gasteiger partial charge is 0.261 e. The maximum absolute atomic E-state index is 12.6. The van der Waals surface area contributed by atoms with E-state index in [1.807, 2.05) is 57.2 Å². The van der Waals surface area contributed by atoms with Crippen LogP contribution in [0.3, 0.4) is 0 Å². The number of H-pyrrole nitrogens is 1. The van der Waals surface area contributed by atoms with E-state index in [-0.39, 0.29) is 5.56 Å². The molecule has 2 aromatic carbocycles. The highest BCUT2D eigenvalue weighted by molar-refractivity contribution is 6.04. The number of benzene rings is 2. The van der Waals surface area contributed by atoms with Crippen LogP contribution in [0.5, 0.6) is 5.75 Å². The maximum Gasteiger partial charge on any atom is 0.261 e. The fourth-order valence-electron chi connectivity index (χ4n) is 2.91. The Bertz CT molecular complexity index is 1050. The molecule has 5 nitrogen and oxygen atoms in total. The Hall–Kier alpha value is -3.34. The van der Waals surface area contributed by atoms with Gasteiger partial charge >= 0.3 is 0 Å². The van der Waals surface area contributed by atoms with Crippen molar-refractivity contribution in [1.29, 1.82) is 0 Å². The molecule has 5 heteroatoms. The zero-order chi connectivity index (χ0) is 20.1. The van der Waals surface area contributed by atoms with Crippen molar-refractivity contribution < 1.29 is 9.53 Å². The second-order valence-electron chi connectivity index (χ2n) is 6.76. The maximum atomic E-state index is 12.6. The lowest BCUT2D eigenvalue weighted by atomic mass is 10.1. The molecule has 1 amide bonds. The number of hydrogen-bond donors (Lipinski definition) is 2. The Morgan fingerprint density at radius 2 is 1.89 bits per heavy atom. The number of pyridine rings is 1. The van der Waals surface area contributed by atoms with E-state index in [2.05, 4.69) is 10.3 Å². The van der Waals surface area contributed by atoms with Crippen LogP contribution in [0, 0.1) is 13.8 Å². The summed E-state index contributed by atoms with van der Waals surface area (Å²) >= 11 is 0. The molecule has 0 unspecified atom stereocenters. The molecule has 0 spiro atoms. The second kappa shape index (κ2) is 8.57. The number of hydrogen-bond acceptors (Lipinski definition) is 3. The van der Waals surface area contributed by atoms with Crippen molar-refractivity contribution in [2.45, 2.75) is 27.2 Å². The van der Waals surface area contributed by atoms with Gasteiger partial charge in [-0.05, 0) is 67.8 Å². The first kappa shape index (κ1) is 19.4. The molecule has 0 saturated carbocycles. The summed E-state index contributed by atoms with van der Waals surface area (Å²) in [5.41, 5.74) is 3.85. The summed E-state index contributed by atoms with van der Waals surface area (Å²) in [6.45, 7) is 6.57. The zero-order valence-corrected chi connectivity index (χ0v) is 16.3. The molecule has 0 atom stereocenters. The Balaban J connectivity index is 1.79. The van der Waals surface area contributed by atoms with Crippen LogP contribution in [0.15, 0.2) is 59.4 Å². The van der Waals surface area contributed by atoms with Gasteiger partial charge in [0.05, 0.1) is 6.61 Å². The Morgan fingerprint density at radius 3 is 2.57 bits per heavy atom. The number of carbonyl (C=O) groups excluding carboxylic acids is 1. The van der Waals surface area contributed by atoms with E-state index < -0.39 is 11.5 Å². The molecule has 0 aliphatic carbocycles. The van der Waals surface area contributed by atoms with Crippen molar-refractivity contribution in [3.63, 3.8) is 0 Å². The standard InChI is InChI=1S/C23H24N2O3/c1-4-12-28-18-8-10-20(16(3)14-18)24-22(26)19-9-11-21(25-23(19)27)17-7-5-6-15(2)13-17/h5-11,13-14H,4,12H2,1-3H3,(H,24,26)(H,25,27). The highest BCUT2D eigenvalue weighted by Gasteiger charge is 2.13. The molecule has 0 bridgehead atoms. The van der Waals surface area contributed by atoms with Crippen molar-refractivity contribution in [2.24, 2.45) is 0 Å². The van der Waals surface area contributed by atoms with Crippen LogP contribution in [-0.4, -0.2) is 17.5 Å². The summed E-state index contributed by atoms with van der Waals surface area (Å²) < 4.78 is 5.60. The molecule has 3 rings (SSSR count). The third-order valence-electron chi connectivity index (χ3n) is 4.40. The number of aryl methyl sites for hydroxylation is 2. The lowest BCUT2D eigenvalue weighted by Gasteiger charge is -2.11. The number of aromatic nitrogens is 1. The van der Waals surface area contributed by atoms with E-state index in [9.17, 15) is 9.59 Å². The van der Waals surface area contributed by atoms with Crippen LogP contribution in [0.2, 0.25) is 0 Å². The average molecular weight is 376 g/mol. The van der Waals surface area contributed by atoms with Crippen molar-refractivity contribution >= 4 is 11.6 Å². The fourth-order valence-corrected chi connectivity index (χ4v) is 2.91. The first-order valence-electron chi connectivity index (χ1n) is 9.33. The molecule has 144 valence electrons. The normalized spacial score (nSPS) is 10.5. The molecule has 3 aromatic rings. The minimum Gasteiger partial charge on any atom is -0.494 e. The number of carbonyl (C=O) groups is 1. The van der Waals surface area contributed by atoms with Gasteiger partial charge in [-0.1, -0.05) is 30.7 Å². The minimum absolute atomic E-state index is 0.0714. The van der Waals surface area contributed by atoms with E-state index in [0.717, 1.165) is 28.9 Å². The van der Waals surface area contributed by atoms with Gasteiger partial charge < -0.3 is 15.0 Å². The minimum atomic E-state index is -0.442. The summed E-state index contributed by atoms with van der Waals surface area (Å²) in [6.07, 6.45) is 0.929. The summed E-state index contributed by atoms with van der Waals surface area (Å²) in [7, 11) is 0. The van der Waals surface area contributed by atoms with E-state index in [0.29, 0.717) is 18.0 Å². The van der Waals surface area contributed by atoms with Gasteiger partial charge in [-0.3, -0.25) is 9.59 Å². The van der Waals surface area contributed by atoms with Gasteiger partial charge in [0.15, 0.2) is 0 Å². The molecule has 2 N–H and O–H groups in total. The molecule has 0 aliphatic rings. The summed E-state index contributed by atoms with van der Waals surface area (Å²) in [5.74, 6) is 0.320. The monoisotopic (exact) mass is 376 g/mol. The van der Waals surface area contributed by atoms with E-state index in [1.165, 1.54) is 0 Å². The largest absolute Gasteiger partial charge is 0.494 e. The van der Waals surface area contributed by atoms with Gasteiger partial charge in [0.25, 0.3) is 11.5 Å². The summed E-state index contributed by atoms with van der Waals surface area (Å²) in [4.78, 5) is 27.8. The van der Waals surface area contributed by atoms with E-state index in [1.54, 1.807) is 18.2 Å². The molecule has 0 fully saturated rings. The van der Waals surface area contributed by atoms with Gasteiger partial charge in [-0.2, -0.15) is 0 Å². The van der Waals surface area contributed by atoms with Gasteiger partial charge in [0.2, 0.25) is 0 Å². The van der Waals surface area contributed by atoms with Gasteiger partial charge in [-0.15, -0.1) is 0 Å². The number of ether oxygens (including phenoxy) is 1. The summed E-state index contributed by atoms with van der Waals surface area (Å²) in [5, 5.41) is 2.80. The molecule has 1 heterocycles. The van der Waals surface area contributed by atoms with Crippen molar-refractivity contribution in [1.82, 2.24) is 4.98 Å². The topological polar surface area (TPSA) is 71.2 Å². The predicted octanol–water partition coefficient (Wildman–Crippen LogP) is 4.70. The highest BCUT2D eigenvalue weighted by Crippen LogP contribution is 2.22. The van der Waals surface area contributed by atoms with Crippen LogP contribution in [0.4, 0.5) is 5.69 Å². The van der Waals surface area contributed by atoms with Gasteiger partial charge in [0.1, 0.15) is 11.3 Å². The number of nitrogens with one attached hydrogen (secondary N) is 2. The first-order valence-corrected chi connectivity index (χ1v) is 9.33. The zero-order valence-electron chi connectivity index (χ0n) is 16.3. The third kappa shape index (κ3) is 4.49. The number of amides is 1. The lowest BCUT2D eigenvalue weighted by molar-refractivity contribution is 0.102. The molecular formula is C23H24N2O3. The molecule has 0 saturated heterocycles. The van der Waals surface area contributed by atoms with Gasteiger partial charge in [-0.25, -0.2) is 0 Å². The van der Waals surface area contributed by atoms with Crippen LogP contribution >= 0.6 is 0 Å².